The number of anilines is 2. The molecule has 0 amide bonds. The lowest BCUT2D eigenvalue weighted by Crippen LogP contribution is -2.31. The molecule has 1 aromatic rings. The van der Waals surface area contributed by atoms with E-state index in [0.29, 0.717) is 5.92 Å². The van der Waals surface area contributed by atoms with Crippen LogP contribution in [-0.4, -0.2) is 11.0 Å². The van der Waals surface area contributed by atoms with Crippen LogP contribution in [0.15, 0.2) is 6.07 Å². The molecular formula is C12H17F2N3. The van der Waals surface area contributed by atoms with Crippen LogP contribution in [0.4, 0.5) is 20.4 Å². The molecule has 0 aliphatic heterocycles. The molecule has 1 aromatic heterocycles. The fourth-order valence-corrected chi connectivity index (χ4v) is 2.29. The number of halogens is 2. The van der Waals surface area contributed by atoms with E-state index in [2.05, 4.69) is 17.2 Å². The Kier molecular flexibility index (Phi) is 3.45. The molecular weight excluding hydrogens is 224 g/mol. The first kappa shape index (κ1) is 12.1. The Balaban J connectivity index is 2.15. The van der Waals surface area contributed by atoms with E-state index in [0.717, 1.165) is 25.3 Å². The Morgan fingerprint density at radius 3 is 2.71 bits per heavy atom. The van der Waals surface area contributed by atoms with Crippen LogP contribution in [-0.2, 0) is 0 Å². The molecule has 1 aliphatic rings. The van der Waals surface area contributed by atoms with E-state index in [9.17, 15) is 8.78 Å². The molecule has 1 aliphatic carbocycles. The SMILES string of the molecule is CC1CCCCC1Nc1nc(N)c(F)cc1F. The fraction of sp³-hybridized carbons (Fsp3) is 0.583. The Morgan fingerprint density at radius 1 is 1.29 bits per heavy atom. The zero-order valence-corrected chi connectivity index (χ0v) is 9.84. The topological polar surface area (TPSA) is 50.9 Å². The smallest absolute Gasteiger partial charge is 0.168 e. The molecule has 5 heteroatoms. The van der Waals surface area contributed by atoms with Gasteiger partial charge in [-0.25, -0.2) is 13.8 Å². The summed E-state index contributed by atoms with van der Waals surface area (Å²) in [6, 6.07) is 0.966. The predicted octanol–water partition coefficient (Wildman–Crippen LogP) is 2.93. The van der Waals surface area contributed by atoms with E-state index in [4.69, 9.17) is 5.73 Å². The van der Waals surface area contributed by atoms with Gasteiger partial charge >= 0.3 is 0 Å². The number of hydrogen-bond donors (Lipinski definition) is 2. The summed E-state index contributed by atoms with van der Waals surface area (Å²) in [5, 5.41) is 3.03. The van der Waals surface area contributed by atoms with Gasteiger partial charge in [0, 0.05) is 12.1 Å². The van der Waals surface area contributed by atoms with Crippen molar-refractivity contribution in [1.29, 1.82) is 0 Å². The number of nitrogens with one attached hydrogen (secondary N) is 1. The molecule has 1 fully saturated rings. The van der Waals surface area contributed by atoms with Crippen LogP contribution in [0.5, 0.6) is 0 Å². The number of nitrogens with zero attached hydrogens (tertiary/aromatic N) is 1. The molecule has 94 valence electrons. The average Bonchev–Trinajstić information content (AvgIpc) is 2.29. The Labute approximate surface area is 99.4 Å². The molecule has 2 atom stereocenters. The number of rotatable bonds is 2. The summed E-state index contributed by atoms with van der Waals surface area (Å²) in [5.41, 5.74) is 5.34. The van der Waals surface area contributed by atoms with Crippen LogP contribution in [0.3, 0.4) is 0 Å². The number of pyridine rings is 1. The summed E-state index contributed by atoms with van der Waals surface area (Å²) in [6.07, 6.45) is 4.44. The van der Waals surface area contributed by atoms with Gasteiger partial charge in [-0.3, -0.25) is 0 Å². The summed E-state index contributed by atoms with van der Waals surface area (Å²) >= 11 is 0. The lowest BCUT2D eigenvalue weighted by molar-refractivity contribution is 0.348. The number of nitrogen functional groups attached to an aromatic ring is 1. The van der Waals surface area contributed by atoms with Crippen molar-refractivity contribution in [2.24, 2.45) is 5.92 Å². The highest BCUT2D eigenvalue weighted by atomic mass is 19.1. The number of aromatic nitrogens is 1. The van der Waals surface area contributed by atoms with Gasteiger partial charge in [-0.1, -0.05) is 19.8 Å². The van der Waals surface area contributed by atoms with Gasteiger partial charge in [0.15, 0.2) is 23.3 Å². The molecule has 0 radical (unpaired) electrons. The van der Waals surface area contributed by atoms with Crippen molar-refractivity contribution in [2.75, 3.05) is 11.1 Å². The average molecular weight is 241 g/mol. The first-order chi connectivity index (χ1) is 8.08. The molecule has 3 N–H and O–H groups in total. The highest BCUT2D eigenvalue weighted by molar-refractivity contribution is 5.45. The lowest BCUT2D eigenvalue weighted by Gasteiger charge is -2.30. The zero-order chi connectivity index (χ0) is 12.4. The van der Waals surface area contributed by atoms with Gasteiger partial charge in [-0.2, -0.15) is 0 Å². The summed E-state index contributed by atoms with van der Waals surface area (Å²) < 4.78 is 26.5. The second kappa shape index (κ2) is 4.85. The lowest BCUT2D eigenvalue weighted by atomic mass is 9.86. The van der Waals surface area contributed by atoms with Gasteiger partial charge in [0.1, 0.15) is 0 Å². The van der Waals surface area contributed by atoms with E-state index in [-0.39, 0.29) is 17.7 Å². The van der Waals surface area contributed by atoms with Gasteiger partial charge in [0.05, 0.1) is 0 Å². The Hall–Kier alpha value is -1.39. The molecule has 0 aromatic carbocycles. The van der Waals surface area contributed by atoms with E-state index >= 15 is 0 Å². The second-order valence-corrected chi connectivity index (χ2v) is 4.70. The number of hydrogen-bond acceptors (Lipinski definition) is 3. The minimum atomic E-state index is -0.815. The van der Waals surface area contributed by atoms with Gasteiger partial charge in [-0.05, 0) is 18.8 Å². The first-order valence-corrected chi connectivity index (χ1v) is 5.96. The third kappa shape index (κ3) is 2.65. The largest absolute Gasteiger partial charge is 0.381 e. The van der Waals surface area contributed by atoms with Crippen LogP contribution in [0.2, 0.25) is 0 Å². The predicted molar refractivity (Wildman–Crippen MR) is 63.6 cm³/mol. The molecule has 1 saturated carbocycles. The fourth-order valence-electron chi connectivity index (χ4n) is 2.29. The molecule has 0 spiro atoms. The minimum absolute atomic E-state index is 0.0580. The van der Waals surface area contributed by atoms with Crippen molar-refractivity contribution >= 4 is 11.6 Å². The van der Waals surface area contributed by atoms with Crippen molar-refractivity contribution in [2.45, 2.75) is 38.6 Å². The van der Waals surface area contributed by atoms with E-state index in [1.165, 1.54) is 6.42 Å². The van der Waals surface area contributed by atoms with Crippen molar-refractivity contribution in [3.05, 3.63) is 17.7 Å². The van der Waals surface area contributed by atoms with E-state index < -0.39 is 11.6 Å². The minimum Gasteiger partial charge on any atom is -0.381 e. The van der Waals surface area contributed by atoms with Crippen LogP contribution in [0.1, 0.15) is 32.6 Å². The standard InChI is InChI=1S/C12H17F2N3/c1-7-4-2-3-5-10(7)16-12-9(14)6-8(13)11(15)17-12/h6-7,10H,2-5H2,1H3,(H3,15,16,17). The van der Waals surface area contributed by atoms with Gasteiger partial charge < -0.3 is 11.1 Å². The van der Waals surface area contributed by atoms with Crippen LogP contribution < -0.4 is 11.1 Å². The van der Waals surface area contributed by atoms with Gasteiger partial charge in [-0.15, -0.1) is 0 Å². The van der Waals surface area contributed by atoms with E-state index in [1.54, 1.807) is 0 Å². The third-order valence-electron chi connectivity index (χ3n) is 3.39. The Morgan fingerprint density at radius 2 is 2.00 bits per heavy atom. The summed E-state index contributed by atoms with van der Waals surface area (Å²) in [7, 11) is 0. The zero-order valence-electron chi connectivity index (χ0n) is 9.84. The van der Waals surface area contributed by atoms with Crippen LogP contribution >= 0.6 is 0 Å². The van der Waals surface area contributed by atoms with Crippen LogP contribution in [0.25, 0.3) is 0 Å². The molecule has 2 unspecified atom stereocenters. The molecule has 1 heterocycles. The summed E-state index contributed by atoms with van der Waals surface area (Å²) in [6.45, 7) is 2.13. The van der Waals surface area contributed by atoms with E-state index in [1.807, 2.05) is 0 Å². The molecule has 3 nitrogen and oxygen atoms in total. The summed E-state index contributed by atoms with van der Waals surface area (Å²) in [4.78, 5) is 3.72. The van der Waals surface area contributed by atoms with Crippen molar-refractivity contribution in [3.63, 3.8) is 0 Å². The molecule has 2 rings (SSSR count). The van der Waals surface area contributed by atoms with Crippen molar-refractivity contribution in [3.8, 4) is 0 Å². The first-order valence-electron chi connectivity index (χ1n) is 5.96. The molecule has 0 saturated heterocycles. The maximum absolute atomic E-state index is 13.5. The van der Waals surface area contributed by atoms with Crippen molar-refractivity contribution < 1.29 is 8.78 Å². The van der Waals surface area contributed by atoms with Crippen molar-refractivity contribution in [1.82, 2.24) is 4.98 Å². The highest BCUT2D eigenvalue weighted by Gasteiger charge is 2.22. The van der Waals surface area contributed by atoms with Gasteiger partial charge in [0.2, 0.25) is 0 Å². The van der Waals surface area contributed by atoms with Crippen LogP contribution in [0, 0.1) is 17.6 Å². The highest BCUT2D eigenvalue weighted by Crippen LogP contribution is 2.27. The quantitative estimate of drug-likeness (QED) is 0.837. The Bertz CT molecular complexity index is 409. The monoisotopic (exact) mass is 241 g/mol. The maximum atomic E-state index is 13.5. The number of nitrogens with two attached hydrogens (primary N) is 1. The molecule has 0 bridgehead atoms. The third-order valence-corrected chi connectivity index (χ3v) is 3.39. The summed E-state index contributed by atoms with van der Waals surface area (Å²) in [5.74, 6) is -1.24. The second-order valence-electron chi connectivity index (χ2n) is 4.70. The maximum Gasteiger partial charge on any atom is 0.168 e. The molecule has 17 heavy (non-hydrogen) atoms. The van der Waals surface area contributed by atoms with Gasteiger partial charge in [0.25, 0.3) is 0 Å². The normalized spacial score (nSPS) is 24.6.